The van der Waals surface area contributed by atoms with Gasteiger partial charge in [0.1, 0.15) is 5.54 Å². The number of rotatable bonds is 6. The molecule has 0 radical (unpaired) electrons. The zero-order valence-corrected chi connectivity index (χ0v) is 19.9. The topological polar surface area (TPSA) is 111 Å². The molecule has 1 fully saturated rings. The number of anilines is 1. The summed E-state index contributed by atoms with van der Waals surface area (Å²) in [6.07, 6.45) is -4.52. The summed E-state index contributed by atoms with van der Waals surface area (Å²) in [5, 5.41) is 19.3. The van der Waals surface area contributed by atoms with Crippen LogP contribution in [0.3, 0.4) is 0 Å². The Balaban J connectivity index is 2.00. The van der Waals surface area contributed by atoms with Crippen LogP contribution in [0.15, 0.2) is 59.8 Å². The minimum Gasteiger partial charge on any atom is -0.479 e. The number of alkyl halides is 3. The van der Waals surface area contributed by atoms with Gasteiger partial charge in [0.2, 0.25) is 0 Å². The third-order valence-corrected chi connectivity index (χ3v) is 6.52. The van der Waals surface area contributed by atoms with Gasteiger partial charge in [-0.25, -0.2) is 14.4 Å². The molecule has 2 aliphatic rings. The van der Waals surface area contributed by atoms with Gasteiger partial charge in [0.25, 0.3) is 0 Å². The predicted octanol–water partition coefficient (Wildman–Crippen LogP) is 5.01. The summed E-state index contributed by atoms with van der Waals surface area (Å²) in [7, 11) is 0. The molecule has 37 heavy (non-hydrogen) atoms. The molecule has 1 atom stereocenters. The summed E-state index contributed by atoms with van der Waals surface area (Å²) in [6, 6.07) is 9.84. The standard InChI is InChI=1S/C26H22F3N3O5/c1-3-37-22(33)20-15(2)31(19-6-4-5-18(13-19)26(27,28)29)24(36)32(25(11-12-25)23(34)35)21(20)17-9-7-16(14-30)8-10-17/h4-10,13,21H,3,11-12H2,1-2H3,(H,34,35)/t21-/m1/s1. The average Bonchev–Trinajstić information content (AvgIpc) is 3.65. The van der Waals surface area contributed by atoms with Crippen molar-refractivity contribution in [1.82, 2.24) is 4.90 Å². The Morgan fingerprint density at radius 3 is 2.35 bits per heavy atom. The van der Waals surface area contributed by atoms with Crippen LogP contribution in [0.4, 0.5) is 23.7 Å². The van der Waals surface area contributed by atoms with Crippen molar-refractivity contribution < 1.29 is 37.4 Å². The fourth-order valence-electron chi connectivity index (χ4n) is 4.56. The number of aliphatic carboxylic acids is 1. The van der Waals surface area contributed by atoms with E-state index in [9.17, 15) is 37.9 Å². The first kappa shape index (κ1) is 25.8. The summed E-state index contributed by atoms with van der Waals surface area (Å²) < 4.78 is 45.6. The second-order valence-electron chi connectivity index (χ2n) is 8.73. The number of carboxylic acids is 1. The molecule has 0 bridgehead atoms. The quantitative estimate of drug-likeness (QED) is 0.544. The molecule has 8 nitrogen and oxygen atoms in total. The smallest absolute Gasteiger partial charge is 0.416 e. The fourth-order valence-corrected chi connectivity index (χ4v) is 4.56. The highest BCUT2D eigenvalue weighted by molar-refractivity contribution is 6.05. The Bertz CT molecular complexity index is 1340. The number of allylic oxidation sites excluding steroid dienone is 1. The SMILES string of the molecule is CCOC(=O)C1=C(C)N(c2cccc(C(F)(F)F)c2)C(=O)N(C2(C(=O)O)CC2)[C@@H]1c1ccc(C#N)cc1. The Morgan fingerprint density at radius 1 is 1.19 bits per heavy atom. The number of hydrogen-bond donors (Lipinski definition) is 1. The molecule has 1 aliphatic carbocycles. The van der Waals surface area contributed by atoms with Crippen molar-refractivity contribution in [2.75, 3.05) is 11.5 Å². The van der Waals surface area contributed by atoms with E-state index in [4.69, 9.17) is 4.74 Å². The Kier molecular flexibility index (Phi) is 6.46. The maximum absolute atomic E-state index is 14.0. The second-order valence-corrected chi connectivity index (χ2v) is 8.73. The highest BCUT2D eigenvalue weighted by Crippen LogP contribution is 2.52. The number of halogens is 3. The number of carbonyl (C=O) groups excluding carboxylic acids is 2. The average molecular weight is 513 g/mol. The highest BCUT2D eigenvalue weighted by Gasteiger charge is 2.62. The molecule has 0 unspecified atom stereocenters. The molecule has 1 heterocycles. The molecular formula is C26H22F3N3O5. The van der Waals surface area contributed by atoms with E-state index in [1.165, 1.54) is 37.3 Å². The summed E-state index contributed by atoms with van der Waals surface area (Å²) in [4.78, 5) is 41.6. The molecule has 192 valence electrons. The van der Waals surface area contributed by atoms with Crippen molar-refractivity contribution in [3.8, 4) is 6.07 Å². The zero-order chi connectivity index (χ0) is 27.1. The van der Waals surface area contributed by atoms with Crippen LogP contribution in [-0.4, -0.2) is 40.1 Å². The number of carbonyl (C=O) groups is 3. The van der Waals surface area contributed by atoms with Gasteiger partial charge in [0.05, 0.1) is 41.1 Å². The number of carboxylic acid groups (broad SMARTS) is 1. The molecule has 1 aliphatic heterocycles. The number of hydrogen-bond acceptors (Lipinski definition) is 5. The van der Waals surface area contributed by atoms with Gasteiger partial charge < -0.3 is 9.84 Å². The molecule has 2 amide bonds. The molecule has 0 spiro atoms. The normalized spacial score (nSPS) is 18.9. The van der Waals surface area contributed by atoms with Crippen LogP contribution in [-0.2, 0) is 20.5 Å². The largest absolute Gasteiger partial charge is 0.479 e. The number of nitrogens with zero attached hydrogens (tertiary/aromatic N) is 3. The van der Waals surface area contributed by atoms with E-state index >= 15 is 0 Å². The third-order valence-electron chi connectivity index (χ3n) is 6.52. The van der Waals surface area contributed by atoms with Gasteiger partial charge in [-0.1, -0.05) is 18.2 Å². The van der Waals surface area contributed by atoms with Crippen LogP contribution in [0.2, 0.25) is 0 Å². The summed E-state index contributed by atoms with van der Waals surface area (Å²) in [6.45, 7) is 2.94. The van der Waals surface area contributed by atoms with Crippen molar-refractivity contribution in [1.29, 1.82) is 5.26 Å². The lowest BCUT2D eigenvalue weighted by Crippen LogP contribution is -2.58. The van der Waals surface area contributed by atoms with Crippen LogP contribution in [0.1, 0.15) is 49.4 Å². The number of esters is 1. The summed E-state index contributed by atoms with van der Waals surface area (Å²) in [5.74, 6) is -2.14. The van der Waals surface area contributed by atoms with Crippen LogP contribution < -0.4 is 4.90 Å². The Labute approximate surface area is 210 Å². The molecule has 1 saturated carbocycles. The molecule has 4 rings (SSSR count). The maximum atomic E-state index is 14.0. The van der Waals surface area contributed by atoms with Gasteiger partial charge in [0, 0.05) is 5.70 Å². The van der Waals surface area contributed by atoms with E-state index in [0.29, 0.717) is 11.1 Å². The molecular weight excluding hydrogens is 491 g/mol. The first-order valence-electron chi connectivity index (χ1n) is 11.4. The van der Waals surface area contributed by atoms with Crippen molar-refractivity contribution in [2.45, 2.75) is 44.4 Å². The fraction of sp³-hybridized carbons (Fsp3) is 0.308. The lowest BCUT2D eigenvalue weighted by molar-refractivity contribution is -0.146. The molecule has 11 heteroatoms. The number of urea groups is 1. The molecule has 2 aromatic rings. The second kappa shape index (κ2) is 9.28. The molecule has 2 aromatic carbocycles. The number of ether oxygens (including phenoxy) is 1. The lowest BCUT2D eigenvalue weighted by Gasteiger charge is -2.45. The highest BCUT2D eigenvalue weighted by atomic mass is 19.4. The van der Waals surface area contributed by atoms with E-state index in [1.807, 2.05) is 6.07 Å². The lowest BCUT2D eigenvalue weighted by atomic mass is 9.90. The van der Waals surface area contributed by atoms with Gasteiger partial charge in [-0.15, -0.1) is 0 Å². The van der Waals surface area contributed by atoms with E-state index in [2.05, 4.69) is 0 Å². The van der Waals surface area contributed by atoms with Gasteiger partial charge >= 0.3 is 24.1 Å². The van der Waals surface area contributed by atoms with E-state index in [1.54, 1.807) is 6.92 Å². The molecule has 0 aromatic heterocycles. The monoisotopic (exact) mass is 513 g/mol. The van der Waals surface area contributed by atoms with Gasteiger partial charge in [-0.3, -0.25) is 9.80 Å². The predicted molar refractivity (Wildman–Crippen MR) is 124 cm³/mol. The van der Waals surface area contributed by atoms with Crippen molar-refractivity contribution in [3.05, 3.63) is 76.5 Å². The third kappa shape index (κ3) is 4.39. The minimum atomic E-state index is -4.69. The zero-order valence-electron chi connectivity index (χ0n) is 19.9. The Hall–Kier alpha value is -4.33. The Morgan fingerprint density at radius 2 is 1.84 bits per heavy atom. The van der Waals surface area contributed by atoms with E-state index < -0.39 is 41.3 Å². The summed E-state index contributed by atoms with van der Waals surface area (Å²) >= 11 is 0. The first-order chi connectivity index (χ1) is 17.5. The maximum Gasteiger partial charge on any atom is 0.416 e. The van der Waals surface area contributed by atoms with Crippen molar-refractivity contribution in [2.24, 2.45) is 0 Å². The van der Waals surface area contributed by atoms with Gasteiger partial charge in [0.15, 0.2) is 0 Å². The van der Waals surface area contributed by atoms with Crippen molar-refractivity contribution in [3.63, 3.8) is 0 Å². The summed E-state index contributed by atoms with van der Waals surface area (Å²) in [5.41, 5.74) is -2.28. The van der Waals surface area contributed by atoms with Crippen molar-refractivity contribution >= 4 is 23.7 Å². The molecule has 0 saturated heterocycles. The van der Waals surface area contributed by atoms with Crippen LogP contribution in [0, 0.1) is 11.3 Å². The van der Waals surface area contributed by atoms with E-state index in [-0.39, 0.29) is 36.4 Å². The van der Waals surface area contributed by atoms with Crippen LogP contribution in [0.25, 0.3) is 0 Å². The van der Waals surface area contributed by atoms with E-state index in [0.717, 1.165) is 28.0 Å². The minimum absolute atomic E-state index is 0.00886. The van der Waals surface area contributed by atoms with Gasteiger partial charge in [-0.2, -0.15) is 18.4 Å². The van der Waals surface area contributed by atoms with Crippen LogP contribution in [0.5, 0.6) is 0 Å². The molecule has 1 N–H and O–H groups in total. The van der Waals surface area contributed by atoms with Crippen LogP contribution >= 0.6 is 0 Å². The number of benzene rings is 2. The number of amides is 2. The van der Waals surface area contributed by atoms with Gasteiger partial charge in [-0.05, 0) is 62.6 Å². The number of nitriles is 1. The first-order valence-corrected chi connectivity index (χ1v) is 11.4.